The van der Waals surface area contributed by atoms with E-state index in [0.29, 0.717) is 18.1 Å². The molecule has 0 bridgehead atoms. The van der Waals surface area contributed by atoms with Gasteiger partial charge in [0.05, 0.1) is 0 Å². The van der Waals surface area contributed by atoms with Crippen molar-refractivity contribution in [3.8, 4) is 0 Å². The number of aryl methyl sites for hydroxylation is 1. The van der Waals surface area contributed by atoms with Crippen molar-refractivity contribution in [3.63, 3.8) is 0 Å². The highest BCUT2D eigenvalue weighted by molar-refractivity contribution is 5.34. The quantitative estimate of drug-likeness (QED) is 0.857. The second kappa shape index (κ2) is 5.02. The second-order valence-corrected chi connectivity index (χ2v) is 5.96. The van der Waals surface area contributed by atoms with Crippen molar-refractivity contribution in [1.82, 2.24) is 10.4 Å². The highest BCUT2D eigenvalue weighted by atomic mass is 15.5. The lowest BCUT2D eigenvalue weighted by molar-refractivity contribution is 0.0293. The fraction of sp³-hybridized carbons (Fsp3) is 0.625. The van der Waals surface area contributed by atoms with Crippen LogP contribution >= 0.6 is 0 Å². The third-order valence-electron chi connectivity index (χ3n) is 4.63. The Morgan fingerprint density at radius 3 is 2.56 bits per heavy atom. The Morgan fingerprint density at radius 2 is 1.78 bits per heavy atom. The number of nitrogens with one attached hydrogen (secondary N) is 1. The molecule has 3 atom stereocenters. The van der Waals surface area contributed by atoms with Crippen LogP contribution < -0.4 is 5.43 Å². The van der Waals surface area contributed by atoms with Crippen LogP contribution in [0.5, 0.6) is 0 Å². The predicted octanol–water partition coefficient (Wildman–Crippen LogP) is 3.44. The molecule has 1 saturated heterocycles. The number of hydrogen-bond donors (Lipinski definition) is 1. The Labute approximate surface area is 110 Å². The van der Waals surface area contributed by atoms with Gasteiger partial charge in [-0.05, 0) is 50.7 Å². The zero-order valence-corrected chi connectivity index (χ0v) is 11.5. The van der Waals surface area contributed by atoms with Gasteiger partial charge in [-0.25, -0.2) is 10.4 Å². The maximum absolute atomic E-state index is 3.81. The number of fused-ring (bicyclic) bond motifs is 1. The number of benzene rings is 1. The molecular weight excluding hydrogens is 220 g/mol. The van der Waals surface area contributed by atoms with Crippen LogP contribution in [0.4, 0.5) is 0 Å². The van der Waals surface area contributed by atoms with E-state index in [2.05, 4.69) is 48.5 Å². The van der Waals surface area contributed by atoms with Crippen LogP contribution in [0.3, 0.4) is 0 Å². The van der Waals surface area contributed by atoms with Crippen molar-refractivity contribution in [2.75, 3.05) is 0 Å². The molecule has 1 heterocycles. The van der Waals surface area contributed by atoms with E-state index >= 15 is 0 Å². The minimum Gasteiger partial charge on any atom is -0.247 e. The number of nitrogens with zero attached hydrogens (tertiary/aromatic N) is 1. The predicted molar refractivity (Wildman–Crippen MR) is 75.3 cm³/mol. The first-order chi connectivity index (χ1) is 8.75. The summed E-state index contributed by atoms with van der Waals surface area (Å²) in [5, 5.41) is 2.51. The Morgan fingerprint density at radius 1 is 1.06 bits per heavy atom. The van der Waals surface area contributed by atoms with Gasteiger partial charge >= 0.3 is 0 Å². The molecule has 18 heavy (non-hydrogen) atoms. The van der Waals surface area contributed by atoms with E-state index in [1.807, 2.05) is 0 Å². The summed E-state index contributed by atoms with van der Waals surface area (Å²) in [6.07, 6.45) is 6.50. The topological polar surface area (TPSA) is 15.3 Å². The third kappa shape index (κ3) is 2.19. The van der Waals surface area contributed by atoms with Crippen molar-refractivity contribution in [3.05, 3.63) is 35.4 Å². The molecule has 0 saturated carbocycles. The first-order valence-electron chi connectivity index (χ1n) is 7.38. The Bertz CT molecular complexity index is 405. The summed E-state index contributed by atoms with van der Waals surface area (Å²) in [6.45, 7) is 4.70. The highest BCUT2D eigenvalue weighted by Crippen LogP contribution is 2.32. The lowest BCUT2D eigenvalue weighted by Gasteiger charge is -2.41. The normalized spacial score (nSPS) is 32.4. The molecule has 3 unspecified atom stereocenters. The zero-order valence-electron chi connectivity index (χ0n) is 11.5. The van der Waals surface area contributed by atoms with Gasteiger partial charge in [0.25, 0.3) is 0 Å². The molecule has 0 spiro atoms. The molecule has 2 aliphatic rings. The Kier molecular flexibility index (Phi) is 3.40. The molecule has 0 amide bonds. The Balaban J connectivity index is 1.74. The summed E-state index contributed by atoms with van der Waals surface area (Å²) in [4.78, 5) is 0. The molecule has 0 aromatic heterocycles. The number of rotatable bonds is 2. The van der Waals surface area contributed by atoms with Crippen molar-refractivity contribution >= 4 is 0 Å². The maximum Gasteiger partial charge on any atom is 0.0470 e. The number of piperidine rings is 1. The van der Waals surface area contributed by atoms with Crippen LogP contribution in [0.2, 0.25) is 0 Å². The van der Waals surface area contributed by atoms with E-state index < -0.39 is 0 Å². The fourth-order valence-electron chi connectivity index (χ4n) is 3.55. The molecule has 1 N–H and O–H groups in total. The van der Waals surface area contributed by atoms with E-state index in [1.165, 1.54) is 43.2 Å². The summed E-state index contributed by atoms with van der Waals surface area (Å²) < 4.78 is 0. The highest BCUT2D eigenvalue weighted by Gasteiger charge is 2.29. The molecule has 0 radical (unpaired) electrons. The molecule has 1 aromatic rings. The summed E-state index contributed by atoms with van der Waals surface area (Å²) in [7, 11) is 0. The van der Waals surface area contributed by atoms with E-state index in [-0.39, 0.29) is 0 Å². The SMILES string of the molecule is CC1CCCC(C)N1NC1CCc2ccccc21. The molecular formula is C16H24N2. The van der Waals surface area contributed by atoms with Crippen LogP contribution in [-0.2, 0) is 6.42 Å². The van der Waals surface area contributed by atoms with E-state index in [9.17, 15) is 0 Å². The first-order valence-corrected chi connectivity index (χ1v) is 7.38. The van der Waals surface area contributed by atoms with Gasteiger partial charge in [0.15, 0.2) is 0 Å². The third-order valence-corrected chi connectivity index (χ3v) is 4.63. The van der Waals surface area contributed by atoms with Crippen molar-refractivity contribution in [2.45, 2.75) is 64.1 Å². The molecule has 3 rings (SSSR count). The first kappa shape index (κ1) is 12.2. The number of hydrazine groups is 1. The smallest absolute Gasteiger partial charge is 0.0470 e. The van der Waals surface area contributed by atoms with Gasteiger partial charge in [-0.3, -0.25) is 0 Å². The molecule has 2 nitrogen and oxygen atoms in total. The standard InChI is InChI=1S/C16H24N2/c1-12-6-5-7-13(2)18(12)17-16-11-10-14-8-3-4-9-15(14)16/h3-4,8-9,12-13,16-17H,5-7,10-11H2,1-2H3. The van der Waals surface area contributed by atoms with Gasteiger partial charge in [0.1, 0.15) is 0 Å². The monoisotopic (exact) mass is 244 g/mol. The van der Waals surface area contributed by atoms with Gasteiger partial charge in [-0.2, -0.15) is 0 Å². The summed E-state index contributed by atoms with van der Waals surface area (Å²) in [6, 6.07) is 10.8. The van der Waals surface area contributed by atoms with Gasteiger partial charge in [0, 0.05) is 18.1 Å². The van der Waals surface area contributed by atoms with Crippen LogP contribution in [-0.4, -0.2) is 17.1 Å². The van der Waals surface area contributed by atoms with Gasteiger partial charge in [-0.1, -0.05) is 30.7 Å². The molecule has 98 valence electrons. The average molecular weight is 244 g/mol. The maximum atomic E-state index is 3.81. The molecule has 1 aliphatic heterocycles. The van der Waals surface area contributed by atoms with Crippen LogP contribution in [0.1, 0.15) is 56.7 Å². The van der Waals surface area contributed by atoms with Crippen LogP contribution in [0.15, 0.2) is 24.3 Å². The van der Waals surface area contributed by atoms with Gasteiger partial charge in [-0.15, -0.1) is 0 Å². The molecule has 1 aromatic carbocycles. The lowest BCUT2D eigenvalue weighted by atomic mass is 9.99. The summed E-state index contributed by atoms with van der Waals surface area (Å²) in [5.74, 6) is 0. The minimum atomic E-state index is 0.532. The minimum absolute atomic E-state index is 0.532. The average Bonchev–Trinajstić information content (AvgIpc) is 2.77. The fourth-order valence-corrected chi connectivity index (χ4v) is 3.55. The summed E-state index contributed by atoms with van der Waals surface area (Å²) in [5.41, 5.74) is 6.86. The number of hydrogen-bond acceptors (Lipinski definition) is 2. The second-order valence-electron chi connectivity index (χ2n) is 5.96. The van der Waals surface area contributed by atoms with Crippen molar-refractivity contribution < 1.29 is 0 Å². The van der Waals surface area contributed by atoms with E-state index in [0.717, 1.165) is 0 Å². The molecule has 2 heteroatoms. The van der Waals surface area contributed by atoms with E-state index in [4.69, 9.17) is 0 Å². The lowest BCUT2D eigenvalue weighted by Crippen LogP contribution is -2.52. The van der Waals surface area contributed by atoms with Crippen LogP contribution in [0, 0.1) is 0 Å². The largest absolute Gasteiger partial charge is 0.247 e. The summed E-state index contributed by atoms with van der Waals surface area (Å²) >= 11 is 0. The van der Waals surface area contributed by atoms with Gasteiger partial charge in [0.2, 0.25) is 0 Å². The van der Waals surface area contributed by atoms with Crippen LogP contribution in [0.25, 0.3) is 0 Å². The van der Waals surface area contributed by atoms with Crippen molar-refractivity contribution in [1.29, 1.82) is 0 Å². The zero-order chi connectivity index (χ0) is 12.5. The van der Waals surface area contributed by atoms with Crippen molar-refractivity contribution in [2.24, 2.45) is 0 Å². The molecule has 1 fully saturated rings. The molecule has 1 aliphatic carbocycles. The van der Waals surface area contributed by atoms with E-state index in [1.54, 1.807) is 0 Å². The van der Waals surface area contributed by atoms with Gasteiger partial charge < -0.3 is 0 Å². The Hall–Kier alpha value is -0.860.